The number of rotatable bonds is 6. The van der Waals surface area contributed by atoms with E-state index < -0.39 is 0 Å². The van der Waals surface area contributed by atoms with Crippen molar-refractivity contribution in [2.75, 3.05) is 5.32 Å². The molecule has 0 spiro atoms. The molecule has 0 aliphatic heterocycles. The molecule has 4 aromatic rings. The molecule has 0 bridgehead atoms. The van der Waals surface area contributed by atoms with Crippen molar-refractivity contribution in [3.63, 3.8) is 0 Å². The summed E-state index contributed by atoms with van der Waals surface area (Å²) in [4.78, 5) is 13.7. The molecule has 2 heterocycles. The van der Waals surface area contributed by atoms with Gasteiger partial charge in [-0.2, -0.15) is 5.10 Å². The molecule has 2 aromatic carbocycles. The van der Waals surface area contributed by atoms with Crippen molar-refractivity contribution in [1.82, 2.24) is 14.8 Å². The van der Waals surface area contributed by atoms with Gasteiger partial charge in [0.1, 0.15) is 12.3 Å². The van der Waals surface area contributed by atoms with Crippen LogP contribution in [0.15, 0.2) is 66.0 Å². The van der Waals surface area contributed by atoms with Gasteiger partial charge in [-0.25, -0.2) is 0 Å². The van der Waals surface area contributed by atoms with Crippen molar-refractivity contribution in [3.05, 3.63) is 76.4 Å². The van der Waals surface area contributed by atoms with Crippen LogP contribution in [0.1, 0.15) is 5.56 Å². The molecule has 0 fully saturated rings. The lowest BCUT2D eigenvalue weighted by molar-refractivity contribution is -0.116. The minimum absolute atomic E-state index is 0.0431. The SMILES string of the molecule is Cc1ccc(Oc2ccccc2NC(=O)Cn2c(-c3cccs3)n[nH]c2=S)cc1. The summed E-state index contributed by atoms with van der Waals surface area (Å²) in [6.07, 6.45) is 0. The largest absolute Gasteiger partial charge is 0.455 e. The lowest BCUT2D eigenvalue weighted by atomic mass is 10.2. The molecule has 0 unspecified atom stereocenters. The standard InChI is InChI=1S/C21H18N4O2S2/c1-14-8-10-15(11-9-14)27-17-6-3-2-5-16(17)22-19(26)13-25-20(23-24-21(25)28)18-7-4-12-29-18/h2-12H,13H2,1H3,(H,22,26)(H,24,28). The monoisotopic (exact) mass is 422 g/mol. The first kappa shape index (κ1) is 19.1. The Morgan fingerprint density at radius 2 is 1.97 bits per heavy atom. The number of hydrogen-bond donors (Lipinski definition) is 2. The molecule has 0 atom stereocenters. The molecule has 29 heavy (non-hydrogen) atoms. The maximum Gasteiger partial charge on any atom is 0.244 e. The average Bonchev–Trinajstić information content (AvgIpc) is 3.36. The Labute approximate surface area is 176 Å². The predicted octanol–water partition coefficient (Wildman–Crippen LogP) is 5.41. The third-order valence-electron chi connectivity index (χ3n) is 4.21. The summed E-state index contributed by atoms with van der Waals surface area (Å²) in [6.45, 7) is 2.06. The summed E-state index contributed by atoms with van der Waals surface area (Å²) in [5, 5.41) is 11.9. The molecule has 8 heteroatoms. The van der Waals surface area contributed by atoms with Crippen LogP contribution in [-0.4, -0.2) is 20.7 Å². The molecular weight excluding hydrogens is 404 g/mol. The summed E-state index contributed by atoms with van der Waals surface area (Å²) in [6, 6.07) is 18.9. The second kappa shape index (κ2) is 8.42. The van der Waals surface area contributed by atoms with E-state index in [0.717, 1.165) is 10.4 Å². The van der Waals surface area contributed by atoms with Gasteiger partial charge in [0.15, 0.2) is 16.3 Å². The first-order chi connectivity index (χ1) is 14.1. The van der Waals surface area contributed by atoms with Crippen molar-refractivity contribution in [2.24, 2.45) is 0 Å². The number of aromatic amines is 1. The van der Waals surface area contributed by atoms with Gasteiger partial charge in [0.25, 0.3) is 0 Å². The van der Waals surface area contributed by atoms with Gasteiger partial charge >= 0.3 is 0 Å². The number of anilines is 1. The Bertz CT molecular complexity index is 1180. The van der Waals surface area contributed by atoms with Crippen LogP contribution in [0, 0.1) is 11.7 Å². The van der Waals surface area contributed by atoms with E-state index in [9.17, 15) is 4.79 Å². The number of para-hydroxylation sites is 2. The number of amides is 1. The lowest BCUT2D eigenvalue weighted by Crippen LogP contribution is -2.19. The fourth-order valence-electron chi connectivity index (χ4n) is 2.78. The minimum atomic E-state index is -0.222. The second-order valence-electron chi connectivity index (χ2n) is 6.38. The molecule has 4 rings (SSSR count). The molecule has 0 saturated heterocycles. The van der Waals surface area contributed by atoms with Crippen LogP contribution in [0.4, 0.5) is 5.69 Å². The quantitative estimate of drug-likeness (QED) is 0.408. The first-order valence-corrected chi connectivity index (χ1v) is 10.2. The van der Waals surface area contributed by atoms with E-state index in [1.807, 2.05) is 66.9 Å². The predicted molar refractivity (Wildman–Crippen MR) is 117 cm³/mol. The molecule has 2 aromatic heterocycles. The topological polar surface area (TPSA) is 71.9 Å². The number of nitrogens with one attached hydrogen (secondary N) is 2. The van der Waals surface area contributed by atoms with Gasteiger partial charge in [-0.3, -0.25) is 14.5 Å². The van der Waals surface area contributed by atoms with E-state index in [4.69, 9.17) is 17.0 Å². The van der Waals surface area contributed by atoms with E-state index in [1.165, 1.54) is 11.3 Å². The number of carbonyl (C=O) groups excluding carboxylic acids is 1. The zero-order valence-corrected chi connectivity index (χ0v) is 17.2. The number of benzene rings is 2. The second-order valence-corrected chi connectivity index (χ2v) is 7.71. The number of aryl methyl sites for hydroxylation is 1. The van der Waals surface area contributed by atoms with Crippen molar-refractivity contribution >= 4 is 35.1 Å². The van der Waals surface area contributed by atoms with E-state index in [-0.39, 0.29) is 12.5 Å². The zero-order valence-electron chi connectivity index (χ0n) is 15.6. The fraction of sp³-hybridized carbons (Fsp3) is 0.0952. The van der Waals surface area contributed by atoms with Crippen LogP contribution >= 0.6 is 23.6 Å². The Kier molecular flexibility index (Phi) is 5.55. The Hall–Kier alpha value is -3.23. The lowest BCUT2D eigenvalue weighted by Gasteiger charge is -2.13. The number of ether oxygens (including phenoxy) is 1. The number of hydrogen-bond acceptors (Lipinski definition) is 5. The molecule has 2 N–H and O–H groups in total. The van der Waals surface area contributed by atoms with Gasteiger partial charge < -0.3 is 10.1 Å². The van der Waals surface area contributed by atoms with Gasteiger partial charge in [0.2, 0.25) is 5.91 Å². The Balaban J connectivity index is 1.52. The van der Waals surface area contributed by atoms with Gasteiger partial charge in [-0.1, -0.05) is 35.9 Å². The molecule has 6 nitrogen and oxygen atoms in total. The first-order valence-electron chi connectivity index (χ1n) is 8.92. The molecule has 0 saturated carbocycles. The van der Waals surface area contributed by atoms with E-state index in [1.54, 1.807) is 10.6 Å². The van der Waals surface area contributed by atoms with Gasteiger partial charge in [-0.05, 0) is 54.9 Å². The van der Waals surface area contributed by atoms with Crippen LogP contribution < -0.4 is 10.1 Å². The zero-order chi connectivity index (χ0) is 20.2. The molecule has 0 aliphatic rings. The Morgan fingerprint density at radius 3 is 2.72 bits per heavy atom. The van der Waals surface area contributed by atoms with Crippen molar-refractivity contribution in [3.8, 4) is 22.2 Å². The highest BCUT2D eigenvalue weighted by atomic mass is 32.1. The highest BCUT2D eigenvalue weighted by Crippen LogP contribution is 2.29. The summed E-state index contributed by atoms with van der Waals surface area (Å²) in [5.74, 6) is 1.69. The van der Waals surface area contributed by atoms with Crippen LogP contribution in [-0.2, 0) is 11.3 Å². The smallest absolute Gasteiger partial charge is 0.244 e. The number of nitrogens with zero attached hydrogens (tertiary/aromatic N) is 2. The van der Waals surface area contributed by atoms with Crippen molar-refractivity contribution in [2.45, 2.75) is 13.5 Å². The number of aromatic nitrogens is 3. The maximum absolute atomic E-state index is 12.7. The van der Waals surface area contributed by atoms with Gasteiger partial charge in [0, 0.05) is 0 Å². The van der Waals surface area contributed by atoms with E-state index in [2.05, 4.69) is 15.5 Å². The average molecular weight is 423 g/mol. The highest BCUT2D eigenvalue weighted by molar-refractivity contribution is 7.71. The summed E-state index contributed by atoms with van der Waals surface area (Å²) < 4.78 is 8.02. The highest BCUT2D eigenvalue weighted by Gasteiger charge is 2.14. The van der Waals surface area contributed by atoms with Crippen molar-refractivity contribution < 1.29 is 9.53 Å². The van der Waals surface area contributed by atoms with Crippen molar-refractivity contribution in [1.29, 1.82) is 0 Å². The number of thiophene rings is 1. The Morgan fingerprint density at radius 1 is 1.17 bits per heavy atom. The number of carbonyl (C=O) groups is 1. The minimum Gasteiger partial charge on any atom is -0.455 e. The summed E-state index contributed by atoms with van der Waals surface area (Å²) in [5.41, 5.74) is 1.74. The van der Waals surface area contributed by atoms with Gasteiger partial charge in [-0.15, -0.1) is 11.3 Å². The van der Waals surface area contributed by atoms with Gasteiger partial charge in [0.05, 0.1) is 10.6 Å². The molecular formula is C21H18N4O2S2. The number of H-pyrrole nitrogens is 1. The fourth-order valence-corrected chi connectivity index (χ4v) is 3.70. The maximum atomic E-state index is 12.7. The molecule has 1 amide bonds. The molecule has 0 radical (unpaired) electrons. The molecule has 0 aliphatic carbocycles. The molecule has 146 valence electrons. The third-order valence-corrected chi connectivity index (χ3v) is 5.39. The van der Waals surface area contributed by atoms with E-state index >= 15 is 0 Å². The van der Waals surface area contributed by atoms with Crippen LogP contribution in [0.3, 0.4) is 0 Å². The van der Waals surface area contributed by atoms with Crippen LogP contribution in [0.25, 0.3) is 10.7 Å². The summed E-state index contributed by atoms with van der Waals surface area (Å²) in [7, 11) is 0. The van der Waals surface area contributed by atoms with Crippen LogP contribution in [0.2, 0.25) is 0 Å². The normalized spacial score (nSPS) is 10.7. The van der Waals surface area contributed by atoms with E-state index in [0.29, 0.717) is 27.8 Å². The van der Waals surface area contributed by atoms with Crippen LogP contribution in [0.5, 0.6) is 11.5 Å². The third kappa shape index (κ3) is 4.44. The summed E-state index contributed by atoms with van der Waals surface area (Å²) >= 11 is 6.84.